The van der Waals surface area contributed by atoms with Crippen LogP contribution in [0.25, 0.3) is 22.5 Å². The second-order valence-electron chi connectivity index (χ2n) is 5.92. The monoisotopic (exact) mass is 346 g/mol. The molecule has 3 aromatic heterocycles. The molecule has 0 N–H and O–H groups in total. The molecule has 4 rings (SSSR count). The summed E-state index contributed by atoms with van der Waals surface area (Å²) in [5, 5.41) is 3.20. The van der Waals surface area contributed by atoms with Crippen molar-refractivity contribution in [3.05, 3.63) is 77.3 Å². The molecule has 0 amide bonds. The molecule has 0 fully saturated rings. The third-order valence-electron chi connectivity index (χ3n) is 4.28. The maximum atomic E-state index is 4.73. The average molecular weight is 346 g/mol. The zero-order chi connectivity index (χ0) is 17.2. The number of benzene rings is 1. The summed E-state index contributed by atoms with van der Waals surface area (Å²) in [4.78, 5) is 13.5. The maximum Gasteiger partial charge on any atom is 0.0965 e. The third-order valence-corrected chi connectivity index (χ3v) is 5.07. The van der Waals surface area contributed by atoms with E-state index in [1.165, 1.54) is 0 Å². The fourth-order valence-corrected chi connectivity index (χ4v) is 3.67. The lowest BCUT2D eigenvalue weighted by atomic mass is 10.0. The van der Waals surface area contributed by atoms with Crippen molar-refractivity contribution < 1.29 is 0 Å². The number of thiazole rings is 1. The summed E-state index contributed by atoms with van der Waals surface area (Å²) in [6, 6.07) is 14.4. The van der Waals surface area contributed by atoms with Gasteiger partial charge in [0.1, 0.15) is 0 Å². The van der Waals surface area contributed by atoms with Gasteiger partial charge in [0.25, 0.3) is 0 Å². The van der Waals surface area contributed by atoms with Gasteiger partial charge in [0.2, 0.25) is 0 Å². The summed E-state index contributed by atoms with van der Waals surface area (Å²) in [7, 11) is 0. The molecule has 3 heterocycles. The van der Waals surface area contributed by atoms with Crippen molar-refractivity contribution in [2.24, 2.45) is 0 Å². The molecule has 0 radical (unpaired) electrons. The molecule has 0 saturated heterocycles. The minimum absolute atomic E-state index is 0.109. The van der Waals surface area contributed by atoms with E-state index in [4.69, 9.17) is 4.98 Å². The van der Waals surface area contributed by atoms with Crippen LogP contribution in [0.2, 0.25) is 0 Å². The summed E-state index contributed by atoms with van der Waals surface area (Å²) in [5.41, 5.74) is 5.34. The van der Waals surface area contributed by atoms with Crippen molar-refractivity contribution in [1.29, 1.82) is 0 Å². The SMILES string of the molecule is Cc1nc([C@H](C)n2cnc(-c3ccccc3)c2-c2ccncc2)cs1. The topological polar surface area (TPSA) is 43.6 Å². The Hall–Kier alpha value is -2.79. The summed E-state index contributed by atoms with van der Waals surface area (Å²) in [6.07, 6.45) is 5.55. The molecule has 0 aliphatic carbocycles. The lowest BCUT2D eigenvalue weighted by molar-refractivity contribution is 0.628. The van der Waals surface area contributed by atoms with E-state index in [9.17, 15) is 0 Å². The van der Waals surface area contributed by atoms with E-state index in [1.54, 1.807) is 11.3 Å². The number of aryl methyl sites for hydroxylation is 1. The number of rotatable bonds is 4. The van der Waals surface area contributed by atoms with Crippen LogP contribution in [0.4, 0.5) is 0 Å². The van der Waals surface area contributed by atoms with Crippen molar-refractivity contribution in [3.63, 3.8) is 0 Å². The molecule has 1 atom stereocenters. The maximum absolute atomic E-state index is 4.73. The highest BCUT2D eigenvalue weighted by atomic mass is 32.1. The molecular formula is C20H18N4S. The molecule has 5 heteroatoms. The van der Waals surface area contributed by atoms with E-state index in [2.05, 4.69) is 39.0 Å². The minimum atomic E-state index is 0.109. The van der Waals surface area contributed by atoms with Gasteiger partial charge in [-0.2, -0.15) is 0 Å². The normalized spacial score (nSPS) is 12.2. The minimum Gasteiger partial charge on any atom is -0.321 e. The van der Waals surface area contributed by atoms with Crippen LogP contribution in [0.1, 0.15) is 23.7 Å². The predicted octanol–water partition coefficient (Wildman–Crippen LogP) is 4.99. The van der Waals surface area contributed by atoms with Gasteiger partial charge in [-0.3, -0.25) is 4.98 Å². The van der Waals surface area contributed by atoms with E-state index >= 15 is 0 Å². The first-order valence-electron chi connectivity index (χ1n) is 8.18. The third kappa shape index (κ3) is 2.98. The van der Waals surface area contributed by atoms with Crippen LogP contribution in [0.15, 0.2) is 66.6 Å². The predicted molar refractivity (Wildman–Crippen MR) is 102 cm³/mol. The zero-order valence-corrected chi connectivity index (χ0v) is 14.9. The number of hydrogen-bond acceptors (Lipinski definition) is 4. The van der Waals surface area contributed by atoms with E-state index in [-0.39, 0.29) is 6.04 Å². The first-order valence-corrected chi connectivity index (χ1v) is 9.06. The molecule has 4 aromatic rings. The van der Waals surface area contributed by atoms with Gasteiger partial charge in [-0.15, -0.1) is 11.3 Å². The molecule has 0 bridgehead atoms. The first kappa shape index (κ1) is 15.7. The highest BCUT2D eigenvalue weighted by molar-refractivity contribution is 7.09. The molecule has 0 saturated carbocycles. The summed E-state index contributed by atoms with van der Waals surface area (Å²) >= 11 is 1.68. The molecule has 0 aliphatic rings. The Morgan fingerprint density at radius 3 is 2.44 bits per heavy atom. The fourth-order valence-electron chi connectivity index (χ4n) is 2.97. The second-order valence-corrected chi connectivity index (χ2v) is 6.98. The van der Waals surface area contributed by atoms with E-state index in [0.29, 0.717) is 0 Å². The number of hydrogen-bond donors (Lipinski definition) is 0. The summed E-state index contributed by atoms with van der Waals surface area (Å²) < 4.78 is 2.20. The van der Waals surface area contributed by atoms with Crippen molar-refractivity contribution >= 4 is 11.3 Å². The van der Waals surface area contributed by atoms with Gasteiger partial charge in [0.05, 0.1) is 34.5 Å². The van der Waals surface area contributed by atoms with Crippen LogP contribution >= 0.6 is 11.3 Å². The van der Waals surface area contributed by atoms with E-state index in [1.807, 2.05) is 56.0 Å². The van der Waals surface area contributed by atoms with Crippen molar-refractivity contribution in [1.82, 2.24) is 19.5 Å². The van der Waals surface area contributed by atoms with Gasteiger partial charge < -0.3 is 4.57 Å². The van der Waals surface area contributed by atoms with Crippen LogP contribution in [-0.2, 0) is 0 Å². The largest absolute Gasteiger partial charge is 0.321 e. The van der Waals surface area contributed by atoms with E-state index in [0.717, 1.165) is 33.2 Å². The van der Waals surface area contributed by atoms with Crippen LogP contribution in [0.3, 0.4) is 0 Å². The highest BCUT2D eigenvalue weighted by Gasteiger charge is 2.20. The lowest BCUT2D eigenvalue weighted by Gasteiger charge is -2.16. The lowest BCUT2D eigenvalue weighted by Crippen LogP contribution is -2.08. The van der Waals surface area contributed by atoms with Crippen LogP contribution < -0.4 is 0 Å². The Kier molecular flexibility index (Phi) is 4.15. The number of aromatic nitrogens is 4. The molecular weight excluding hydrogens is 328 g/mol. The van der Waals surface area contributed by atoms with E-state index < -0.39 is 0 Å². The quantitative estimate of drug-likeness (QED) is 0.523. The number of nitrogens with zero attached hydrogens (tertiary/aromatic N) is 4. The molecule has 4 nitrogen and oxygen atoms in total. The van der Waals surface area contributed by atoms with Gasteiger partial charge in [-0.05, 0) is 26.0 Å². The molecule has 0 unspecified atom stereocenters. The van der Waals surface area contributed by atoms with Gasteiger partial charge in [0.15, 0.2) is 0 Å². The van der Waals surface area contributed by atoms with Gasteiger partial charge >= 0.3 is 0 Å². The highest BCUT2D eigenvalue weighted by Crippen LogP contribution is 2.34. The zero-order valence-electron chi connectivity index (χ0n) is 14.1. The average Bonchev–Trinajstić information content (AvgIpc) is 3.29. The Bertz CT molecular complexity index is 973. The standard InChI is InChI=1S/C20H18N4S/c1-14(18-12-25-15(2)23-18)24-13-22-19(16-6-4-3-5-7-16)20(24)17-8-10-21-11-9-17/h3-14H,1-2H3/t14-/m0/s1. The Morgan fingerprint density at radius 2 is 1.76 bits per heavy atom. The molecule has 0 aliphatic heterocycles. The van der Waals surface area contributed by atoms with Gasteiger partial charge in [-0.1, -0.05) is 30.3 Å². The molecule has 124 valence electrons. The van der Waals surface area contributed by atoms with Crippen molar-refractivity contribution in [3.8, 4) is 22.5 Å². The Labute approximate surface area is 150 Å². The van der Waals surface area contributed by atoms with Crippen molar-refractivity contribution in [2.45, 2.75) is 19.9 Å². The smallest absolute Gasteiger partial charge is 0.0965 e. The van der Waals surface area contributed by atoms with Crippen molar-refractivity contribution in [2.75, 3.05) is 0 Å². The molecule has 1 aromatic carbocycles. The number of imidazole rings is 1. The molecule has 25 heavy (non-hydrogen) atoms. The summed E-state index contributed by atoms with van der Waals surface area (Å²) in [5.74, 6) is 0. The first-order chi connectivity index (χ1) is 12.2. The molecule has 0 spiro atoms. The Morgan fingerprint density at radius 1 is 1.00 bits per heavy atom. The van der Waals surface area contributed by atoms with Gasteiger partial charge in [0, 0.05) is 28.9 Å². The summed E-state index contributed by atoms with van der Waals surface area (Å²) in [6.45, 7) is 4.20. The fraction of sp³-hybridized carbons (Fsp3) is 0.150. The number of pyridine rings is 1. The van der Waals surface area contributed by atoms with Crippen LogP contribution in [-0.4, -0.2) is 19.5 Å². The van der Waals surface area contributed by atoms with Gasteiger partial charge in [-0.25, -0.2) is 9.97 Å². The Balaban J connectivity index is 1.89. The van der Waals surface area contributed by atoms with Crippen LogP contribution in [0.5, 0.6) is 0 Å². The van der Waals surface area contributed by atoms with Crippen LogP contribution in [0, 0.1) is 6.92 Å². The second kappa shape index (κ2) is 6.61.